The molecule has 1 atom stereocenters. The molecule has 9 nitrogen and oxygen atoms in total. The van der Waals surface area contributed by atoms with Crippen LogP contribution >= 0.6 is 23.2 Å². The molecular weight excluding hydrogens is 625 g/mol. The molecule has 1 fully saturated rings. The number of para-hydroxylation sites is 1. The van der Waals surface area contributed by atoms with Crippen LogP contribution in [0.15, 0.2) is 71.6 Å². The quantitative estimate of drug-likeness (QED) is 0.253. The lowest BCUT2D eigenvalue weighted by Crippen LogP contribution is -2.53. The smallest absolute Gasteiger partial charge is 0.264 e. The third-order valence-electron chi connectivity index (χ3n) is 7.78. The fraction of sp³-hybridized carbons (Fsp3) is 0.375. The molecule has 1 saturated carbocycles. The SMILES string of the molecule is COc1ccc(S(=O)(=O)N(CC(=O)N(Cc2c(Cl)cccc2Cl)[C@H](C)C(=O)NC2CCCCC2)c2ccccc2)cc1OC. The number of rotatable bonds is 12. The molecule has 3 aromatic carbocycles. The number of benzene rings is 3. The van der Waals surface area contributed by atoms with E-state index in [4.69, 9.17) is 32.7 Å². The van der Waals surface area contributed by atoms with Crippen molar-refractivity contribution in [3.8, 4) is 11.5 Å². The van der Waals surface area contributed by atoms with Crippen molar-refractivity contribution < 1.29 is 27.5 Å². The number of amides is 2. The van der Waals surface area contributed by atoms with Gasteiger partial charge in [-0.2, -0.15) is 0 Å². The minimum absolute atomic E-state index is 0.0193. The Balaban J connectivity index is 1.71. The molecule has 0 unspecified atom stereocenters. The number of nitrogens with zero attached hydrogens (tertiary/aromatic N) is 2. The summed E-state index contributed by atoms with van der Waals surface area (Å²) in [4.78, 5) is 28.9. The summed E-state index contributed by atoms with van der Waals surface area (Å²) in [6, 6.07) is 16.6. The lowest BCUT2D eigenvalue weighted by atomic mass is 9.95. The van der Waals surface area contributed by atoms with E-state index in [9.17, 15) is 18.0 Å². The highest BCUT2D eigenvalue weighted by molar-refractivity contribution is 7.92. The zero-order chi connectivity index (χ0) is 31.9. The van der Waals surface area contributed by atoms with Gasteiger partial charge in [-0.25, -0.2) is 8.42 Å². The molecule has 2 amide bonds. The van der Waals surface area contributed by atoms with Crippen molar-refractivity contribution in [1.82, 2.24) is 10.2 Å². The number of hydrogen-bond acceptors (Lipinski definition) is 6. The molecule has 0 bridgehead atoms. The van der Waals surface area contributed by atoms with Gasteiger partial charge in [-0.05, 0) is 56.2 Å². The van der Waals surface area contributed by atoms with E-state index in [1.54, 1.807) is 55.5 Å². The molecule has 1 N–H and O–H groups in total. The Morgan fingerprint density at radius 2 is 1.55 bits per heavy atom. The molecule has 0 radical (unpaired) electrons. The summed E-state index contributed by atoms with van der Waals surface area (Å²) in [6.07, 6.45) is 4.91. The van der Waals surface area contributed by atoms with E-state index in [2.05, 4.69) is 5.32 Å². The predicted octanol–water partition coefficient (Wildman–Crippen LogP) is 6.07. The van der Waals surface area contributed by atoms with Crippen LogP contribution in [0.3, 0.4) is 0 Å². The fourth-order valence-electron chi connectivity index (χ4n) is 5.23. The van der Waals surface area contributed by atoms with Gasteiger partial charge < -0.3 is 19.7 Å². The van der Waals surface area contributed by atoms with Gasteiger partial charge >= 0.3 is 0 Å². The van der Waals surface area contributed by atoms with Gasteiger partial charge in [-0.3, -0.25) is 13.9 Å². The molecule has 236 valence electrons. The van der Waals surface area contributed by atoms with E-state index < -0.39 is 28.5 Å². The Bertz CT molecular complexity index is 1550. The van der Waals surface area contributed by atoms with E-state index in [1.807, 2.05) is 0 Å². The summed E-state index contributed by atoms with van der Waals surface area (Å²) in [7, 11) is -1.44. The Morgan fingerprint density at radius 1 is 0.909 bits per heavy atom. The van der Waals surface area contributed by atoms with Gasteiger partial charge in [0, 0.05) is 34.3 Å². The number of methoxy groups -OCH3 is 2. The number of carbonyl (C=O) groups excluding carboxylic acids is 2. The van der Waals surface area contributed by atoms with Crippen molar-refractivity contribution in [3.05, 3.63) is 82.3 Å². The molecule has 12 heteroatoms. The average molecular weight is 663 g/mol. The van der Waals surface area contributed by atoms with Gasteiger partial charge in [0.25, 0.3) is 10.0 Å². The number of carbonyl (C=O) groups is 2. The maximum absolute atomic E-state index is 14.2. The highest BCUT2D eigenvalue weighted by atomic mass is 35.5. The molecule has 0 spiro atoms. The number of nitrogens with one attached hydrogen (secondary N) is 1. The molecular formula is C32H37Cl2N3O6S. The normalized spacial score (nSPS) is 14.4. The monoisotopic (exact) mass is 661 g/mol. The van der Waals surface area contributed by atoms with Gasteiger partial charge in [-0.1, -0.05) is 66.7 Å². The van der Waals surface area contributed by atoms with Crippen LogP contribution in [0, 0.1) is 0 Å². The first-order valence-electron chi connectivity index (χ1n) is 14.4. The van der Waals surface area contributed by atoms with Crippen molar-refractivity contribution in [2.45, 2.75) is 62.6 Å². The molecule has 4 rings (SSSR count). The van der Waals surface area contributed by atoms with Crippen LogP contribution in [-0.2, 0) is 26.2 Å². The molecule has 0 saturated heterocycles. The van der Waals surface area contributed by atoms with Crippen LogP contribution in [0.4, 0.5) is 5.69 Å². The number of hydrogen-bond donors (Lipinski definition) is 1. The number of ether oxygens (including phenoxy) is 2. The van der Waals surface area contributed by atoms with Gasteiger partial charge in [0.15, 0.2) is 11.5 Å². The van der Waals surface area contributed by atoms with E-state index in [0.717, 1.165) is 36.4 Å². The minimum atomic E-state index is -4.30. The van der Waals surface area contributed by atoms with Crippen LogP contribution in [0.25, 0.3) is 0 Å². The number of anilines is 1. The molecule has 0 aromatic heterocycles. The Kier molecular flexibility index (Phi) is 11.4. The third-order valence-corrected chi connectivity index (χ3v) is 10.3. The summed E-state index contributed by atoms with van der Waals surface area (Å²) in [6.45, 7) is 0.927. The first kappa shape index (κ1) is 33.4. The van der Waals surface area contributed by atoms with Gasteiger partial charge in [0.1, 0.15) is 12.6 Å². The Labute approximate surface area is 269 Å². The van der Waals surface area contributed by atoms with E-state index in [-0.39, 0.29) is 34.8 Å². The first-order chi connectivity index (χ1) is 21.1. The maximum atomic E-state index is 14.2. The molecule has 44 heavy (non-hydrogen) atoms. The van der Waals surface area contributed by atoms with Crippen molar-refractivity contribution >= 4 is 50.7 Å². The highest BCUT2D eigenvalue weighted by Crippen LogP contribution is 2.33. The zero-order valence-electron chi connectivity index (χ0n) is 25.0. The van der Waals surface area contributed by atoms with Crippen LogP contribution in [0.2, 0.25) is 10.0 Å². The van der Waals surface area contributed by atoms with Crippen LogP contribution < -0.4 is 19.1 Å². The first-order valence-corrected chi connectivity index (χ1v) is 16.6. The lowest BCUT2D eigenvalue weighted by Gasteiger charge is -2.33. The van der Waals surface area contributed by atoms with Crippen molar-refractivity contribution in [2.75, 3.05) is 25.1 Å². The number of halogens is 2. The van der Waals surface area contributed by atoms with Crippen LogP contribution in [-0.4, -0.2) is 58.0 Å². The summed E-state index contributed by atoms with van der Waals surface area (Å²) >= 11 is 12.9. The molecule has 1 aliphatic rings. The average Bonchev–Trinajstić information content (AvgIpc) is 3.03. The second kappa shape index (κ2) is 15.0. The third kappa shape index (κ3) is 7.78. The summed E-state index contributed by atoms with van der Waals surface area (Å²) in [5, 5.41) is 3.73. The van der Waals surface area contributed by atoms with Crippen molar-refractivity contribution in [2.24, 2.45) is 0 Å². The van der Waals surface area contributed by atoms with Gasteiger partial charge in [-0.15, -0.1) is 0 Å². The van der Waals surface area contributed by atoms with E-state index in [0.29, 0.717) is 21.4 Å². The van der Waals surface area contributed by atoms with Crippen molar-refractivity contribution in [1.29, 1.82) is 0 Å². The van der Waals surface area contributed by atoms with E-state index >= 15 is 0 Å². The number of sulfonamides is 1. The maximum Gasteiger partial charge on any atom is 0.264 e. The second-order valence-electron chi connectivity index (χ2n) is 10.6. The van der Waals surface area contributed by atoms with Crippen molar-refractivity contribution in [3.63, 3.8) is 0 Å². The summed E-state index contributed by atoms with van der Waals surface area (Å²) < 4.78 is 39.9. The predicted molar refractivity (Wildman–Crippen MR) is 172 cm³/mol. The molecule has 0 heterocycles. The highest BCUT2D eigenvalue weighted by Gasteiger charge is 2.34. The molecule has 1 aliphatic carbocycles. The Morgan fingerprint density at radius 3 is 2.16 bits per heavy atom. The van der Waals surface area contributed by atoms with Crippen LogP contribution in [0.1, 0.15) is 44.6 Å². The molecule has 0 aliphatic heterocycles. The minimum Gasteiger partial charge on any atom is -0.493 e. The van der Waals surface area contributed by atoms with Gasteiger partial charge in [0.2, 0.25) is 11.8 Å². The van der Waals surface area contributed by atoms with Crippen LogP contribution in [0.5, 0.6) is 11.5 Å². The van der Waals surface area contributed by atoms with E-state index in [1.165, 1.54) is 37.3 Å². The fourth-order valence-corrected chi connectivity index (χ4v) is 7.18. The largest absolute Gasteiger partial charge is 0.493 e. The summed E-state index contributed by atoms with van der Waals surface area (Å²) in [5.41, 5.74) is 0.723. The lowest BCUT2D eigenvalue weighted by molar-refractivity contribution is -0.139. The Hall–Kier alpha value is -3.47. The van der Waals surface area contributed by atoms with Gasteiger partial charge in [0.05, 0.1) is 24.8 Å². The summed E-state index contributed by atoms with van der Waals surface area (Å²) in [5.74, 6) is -0.368. The molecule has 3 aromatic rings. The topological polar surface area (TPSA) is 105 Å². The standard InChI is InChI=1S/C32H37Cl2N3O6S/c1-22(32(39)35-23-11-6-4-7-12-23)36(20-26-27(33)15-10-16-28(26)34)31(38)21-37(24-13-8-5-9-14-24)44(40,41)25-17-18-29(42-2)30(19-25)43-3/h5,8-10,13-19,22-23H,4,6-7,11-12,20-21H2,1-3H3,(H,35,39)/t22-/m1/s1. The second-order valence-corrected chi connectivity index (χ2v) is 13.3. The zero-order valence-corrected chi connectivity index (χ0v) is 27.3.